The van der Waals surface area contributed by atoms with Crippen molar-refractivity contribution >= 4 is 17.2 Å². The SMILES string of the molecule is Cc1ccc(-c2nc3ccc(C)cn3c2C(=O)Nc2ccc(C)cc2O)cc1. The second-order valence-electron chi connectivity index (χ2n) is 7.08. The molecule has 0 aliphatic heterocycles. The van der Waals surface area contributed by atoms with Crippen LogP contribution < -0.4 is 5.32 Å². The van der Waals surface area contributed by atoms with Gasteiger partial charge in [0.1, 0.15) is 22.8 Å². The van der Waals surface area contributed by atoms with E-state index in [1.165, 1.54) is 0 Å². The van der Waals surface area contributed by atoms with Crippen LogP contribution in [0.1, 0.15) is 27.2 Å². The van der Waals surface area contributed by atoms with Gasteiger partial charge >= 0.3 is 0 Å². The molecule has 0 unspecified atom stereocenters. The Kier molecular flexibility index (Phi) is 4.35. The van der Waals surface area contributed by atoms with E-state index >= 15 is 0 Å². The number of amides is 1. The number of benzene rings is 2. The molecule has 0 aliphatic carbocycles. The molecule has 4 aromatic rings. The molecule has 0 spiro atoms. The predicted octanol–water partition coefficient (Wildman–Crippen LogP) is 4.88. The van der Waals surface area contributed by atoms with Crippen molar-refractivity contribution in [1.29, 1.82) is 0 Å². The monoisotopic (exact) mass is 371 g/mol. The van der Waals surface area contributed by atoms with Gasteiger partial charge in [-0.05, 0) is 50.1 Å². The topological polar surface area (TPSA) is 66.6 Å². The average molecular weight is 371 g/mol. The van der Waals surface area contributed by atoms with Gasteiger partial charge in [0.25, 0.3) is 5.91 Å². The Morgan fingerprint density at radius 3 is 2.32 bits per heavy atom. The summed E-state index contributed by atoms with van der Waals surface area (Å²) in [7, 11) is 0. The van der Waals surface area contributed by atoms with E-state index in [4.69, 9.17) is 4.98 Å². The van der Waals surface area contributed by atoms with Crippen molar-refractivity contribution in [3.8, 4) is 17.0 Å². The number of aryl methyl sites for hydroxylation is 3. The van der Waals surface area contributed by atoms with Gasteiger partial charge in [0.2, 0.25) is 0 Å². The lowest BCUT2D eigenvalue weighted by Crippen LogP contribution is -2.15. The molecule has 0 bridgehead atoms. The maximum Gasteiger partial charge on any atom is 0.275 e. The summed E-state index contributed by atoms with van der Waals surface area (Å²) >= 11 is 0. The Balaban J connectivity index is 1.85. The fourth-order valence-electron chi connectivity index (χ4n) is 3.21. The maximum absolute atomic E-state index is 13.2. The zero-order valence-electron chi connectivity index (χ0n) is 16.0. The first-order valence-electron chi connectivity index (χ1n) is 9.09. The molecule has 5 nitrogen and oxygen atoms in total. The van der Waals surface area contributed by atoms with Crippen molar-refractivity contribution < 1.29 is 9.90 Å². The second kappa shape index (κ2) is 6.85. The number of rotatable bonds is 3. The Bertz CT molecular complexity index is 1190. The van der Waals surface area contributed by atoms with E-state index < -0.39 is 0 Å². The summed E-state index contributed by atoms with van der Waals surface area (Å²) in [6.07, 6.45) is 1.89. The lowest BCUT2D eigenvalue weighted by Gasteiger charge is -2.10. The number of pyridine rings is 1. The number of hydrogen-bond donors (Lipinski definition) is 2. The summed E-state index contributed by atoms with van der Waals surface area (Å²) < 4.78 is 1.80. The highest BCUT2D eigenvalue weighted by Gasteiger charge is 2.21. The highest BCUT2D eigenvalue weighted by atomic mass is 16.3. The highest BCUT2D eigenvalue weighted by Crippen LogP contribution is 2.28. The lowest BCUT2D eigenvalue weighted by molar-refractivity contribution is 0.102. The Labute approximate surface area is 163 Å². The van der Waals surface area contributed by atoms with E-state index in [2.05, 4.69) is 5.32 Å². The first-order chi connectivity index (χ1) is 13.4. The summed E-state index contributed by atoms with van der Waals surface area (Å²) in [5.41, 5.74) is 6.04. The molecule has 2 aromatic carbocycles. The van der Waals surface area contributed by atoms with Crippen molar-refractivity contribution in [1.82, 2.24) is 9.38 Å². The average Bonchev–Trinajstić information content (AvgIpc) is 3.03. The predicted molar refractivity (Wildman–Crippen MR) is 111 cm³/mol. The van der Waals surface area contributed by atoms with Gasteiger partial charge in [0, 0.05) is 11.8 Å². The van der Waals surface area contributed by atoms with Gasteiger partial charge in [-0.1, -0.05) is 42.0 Å². The van der Waals surface area contributed by atoms with Crippen LogP contribution in [0.5, 0.6) is 5.75 Å². The number of aromatic nitrogens is 2. The van der Waals surface area contributed by atoms with E-state index in [1.54, 1.807) is 16.5 Å². The summed E-state index contributed by atoms with van der Waals surface area (Å²) in [5, 5.41) is 13.0. The minimum Gasteiger partial charge on any atom is -0.506 e. The van der Waals surface area contributed by atoms with Crippen molar-refractivity contribution in [2.75, 3.05) is 5.32 Å². The molecule has 0 aliphatic rings. The Morgan fingerprint density at radius 1 is 0.929 bits per heavy atom. The van der Waals surface area contributed by atoms with Crippen molar-refractivity contribution in [2.24, 2.45) is 0 Å². The van der Waals surface area contributed by atoms with Crippen molar-refractivity contribution in [3.05, 3.63) is 83.2 Å². The molecular formula is C23H21N3O2. The summed E-state index contributed by atoms with van der Waals surface area (Å²) in [5.74, 6) is -0.289. The van der Waals surface area contributed by atoms with Crippen LogP contribution in [-0.2, 0) is 0 Å². The van der Waals surface area contributed by atoms with E-state index in [0.29, 0.717) is 22.7 Å². The molecule has 140 valence electrons. The molecule has 2 aromatic heterocycles. The third-order valence-corrected chi connectivity index (χ3v) is 4.71. The van der Waals surface area contributed by atoms with Gasteiger partial charge in [-0.2, -0.15) is 0 Å². The van der Waals surface area contributed by atoms with E-state index in [0.717, 1.165) is 22.3 Å². The molecular weight excluding hydrogens is 350 g/mol. The number of phenolic OH excluding ortho intramolecular Hbond substituents is 1. The van der Waals surface area contributed by atoms with Gasteiger partial charge < -0.3 is 10.4 Å². The van der Waals surface area contributed by atoms with Crippen LogP contribution >= 0.6 is 0 Å². The van der Waals surface area contributed by atoms with Gasteiger partial charge in [-0.3, -0.25) is 9.20 Å². The molecule has 1 amide bonds. The molecule has 2 heterocycles. The molecule has 28 heavy (non-hydrogen) atoms. The van der Waals surface area contributed by atoms with Crippen molar-refractivity contribution in [3.63, 3.8) is 0 Å². The van der Waals surface area contributed by atoms with Crippen LogP contribution in [0.3, 0.4) is 0 Å². The Hall–Kier alpha value is -3.60. The van der Waals surface area contributed by atoms with Crippen LogP contribution in [-0.4, -0.2) is 20.4 Å². The van der Waals surface area contributed by atoms with Gasteiger partial charge in [0.05, 0.1) is 5.69 Å². The molecule has 0 atom stereocenters. The smallest absolute Gasteiger partial charge is 0.275 e. The lowest BCUT2D eigenvalue weighted by atomic mass is 10.1. The minimum atomic E-state index is -0.326. The van der Waals surface area contributed by atoms with Crippen LogP contribution in [0.25, 0.3) is 16.9 Å². The molecule has 0 saturated carbocycles. The van der Waals surface area contributed by atoms with E-state index in [-0.39, 0.29) is 11.7 Å². The fourth-order valence-corrected chi connectivity index (χ4v) is 3.21. The fraction of sp³-hybridized carbons (Fsp3) is 0.130. The maximum atomic E-state index is 13.2. The summed E-state index contributed by atoms with van der Waals surface area (Å²) in [6, 6.07) is 16.9. The zero-order chi connectivity index (χ0) is 19.8. The summed E-state index contributed by atoms with van der Waals surface area (Å²) in [4.78, 5) is 17.9. The number of phenols is 1. The second-order valence-corrected chi connectivity index (χ2v) is 7.08. The van der Waals surface area contributed by atoms with Crippen LogP contribution in [0.2, 0.25) is 0 Å². The van der Waals surface area contributed by atoms with Gasteiger partial charge in [-0.15, -0.1) is 0 Å². The molecule has 0 radical (unpaired) electrons. The van der Waals surface area contributed by atoms with Crippen LogP contribution in [0, 0.1) is 20.8 Å². The third-order valence-electron chi connectivity index (χ3n) is 4.71. The number of hydrogen-bond acceptors (Lipinski definition) is 3. The van der Waals surface area contributed by atoms with Gasteiger partial charge in [-0.25, -0.2) is 4.98 Å². The largest absolute Gasteiger partial charge is 0.506 e. The third kappa shape index (κ3) is 3.22. The minimum absolute atomic E-state index is 0.0373. The number of nitrogens with zero attached hydrogens (tertiary/aromatic N) is 2. The first-order valence-corrected chi connectivity index (χ1v) is 9.09. The molecule has 0 fully saturated rings. The van der Waals surface area contributed by atoms with Crippen molar-refractivity contribution in [2.45, 2.75) is 20.8 Å². The number of imidazole rings is 1. The quantitative estimate of drug-likeness (QED) is 0.504. The normalized spacial score (nSPS) is 11.0. The molecule has 4 rings (SSSR count). The standard InChI is InChI=1S/C23H21N3O2/c1-14-4-8-17(9-5-14)21-22(26-13-16(3)7-11-20(26)25-21)23(28)24-18-10-6-15(2)12-19(18)27/h4-13,27H,1-3H3,(H,24,28). The van der Waals surface area contributed by atoms with Crippen LogP contribution in [0.4, 0.5) is 5.69 Å². The number of carbonyl (C=O) groups excluding carboxylic acids is 1. The zero-order valence-corrected chi connectivity index (χ0v) is 16.0. The molecule has 0 saturated heterocycles. The van der Waals surface area contributed by atoms with E-state index in [1.807, 2.05) is 69.4 Å². The molecule has 5 heteroatoms. The number of fused-ring (bicyclic) bond motifs is 1. The summed E-state index contributed by atoms with van der Waals surface area (Å²) in [6.45, 7) is 5.87. The van der Waals surface area contributed by atoms with E-state index in [9.17, 15) is 9.90 Å². The first kappa shape index (κ1) is 17.8. The van der Waals surface area contributed by atoms with Gasteiger partial charge in [0.15, 0.2) is 0 Å². The number of nitrogens with one attached hydrogen (secondary N) is 1. The number of carbonyl (C=O) groups is 1. The number of anilines is 1. The Morgan fingerprint density at radius 2 is 1.61 bits per heavy atom. The highest BCUT2D eigenvalue weighted by molar-refractivity contribution is 6.08. The molecule has 2 N–H and O–H groups in total. The number of aromatic hydroxyl groups is 1. The van der Waals surface area contributed by atoms with Crippen LogP contribution in [0.15, 0.2) is 60.8 Å².